The summed E-state index contributed by atoms with van der Waals surface area (Å²) in [6, 6.07) is 15.3. The summed E-state index contributed by atoms with van der Waals surface area (Å²) in [5, 5.41) is 0.935. The first-order valence-corrected chi connectivity index (χ1v) is 7.75. The molecule has 0 radical (unpaired) electrons. The summed E-state index contributed by atoms with van der Waals surface area (Å²) in [4.78, 5) is 17.0. The SMILES string of the molecule is COc1ccccc1COC(=O)c1cc2cc(C)ccc2nc1C. The maximum absolute atomic E-state index is 12.5. The zero-order valence-corrected chi connectivity index (χ0v) is 14.0. The number of pyridine rings is 1. The molecule has 4 heteroatoms. The number of aryl methyl sites for hydroxylation is 2. The van der Waals surface area contributed by atoms with Gasteiger partial charge in [-0.1, -0.05) is 29.8 Å². The number of carbonyl (C=O) groups excluding carboxylic acids is 1. The van der Waals surface area contributed by atoms with Crippen LogP contribution in [0.4, 0.5) is 0 Å². The molecule has 3 rings (SSSR count). The summed E-state index contributed by atoms with van der Waals surface area (Å²) in [6.07, 6.45) is 0. The molecule has 0 saturated heterocycles. The van der Waals surface area contributed by atoms with E-state index < -0.39 is 0 Å². The zero-order chi connectivity index (χ0) is 17.1. The van der Waals surface area contributed by atoms with Crippen molar-refractivity contribution in [2.24, 2.45) is 0 Å². The molecule has 2 aromatic carbocycles. The summed E-state index contributed by atoms with van der Waals surface area (Å²) in [7, 11) is 1.60. The summed E-state index contributed by atoms with van der Waals surface area (Å²) in [5.41, 5.74) is 3.98. The van der Waals surface area contributed by atoms with Gasteiger partial charge in [0.1, 0.15) is 12.4 Å². The van der Waals surface area contributed by atoms with Gasteiger partial charge < -0.3 is 9.47 Å². The smallest absolute Gasteiger partial charge is 0.340 e. The van der Waals surface area contributed by atoms with Crippen LogP contribution in [0.1, 0.15) is 27.2 Å². The first kappa shape index (κ1) is 16.0. The van der Waals surface area contributed by atoms with Crippen molar-refractivity contribution in [2.45, 2.75) is 20.5 Å². The molecule has 0 aliphatic heterocycles. The minimum atomic E-state index is -0.380. The molecule has 1 heterocycles. The Kier molecular flexibility index (Phi) is 4.47. The third-order valence-electron chi connectivity index (χ3n) is 3.93. The van der Waals surface area contributed by atoms with Gasteiger partial charge in [0.25, 0.3) is 0 Å². The van der Waals surface area contributed by atoms with Gasteiger partial charge in [-0.2, -0.15) is 0 Å². The van der Waals surface area contributed by atoms with Crippen molar-refractivity contribution in [2.75, 3.05) is 7.11 Å². The van der Waals surface area contributed by atoms with Crippen LogP contribution in [0.15, 0.2) is 48.5 Å². The molecule has 24 heavy (non-hydrogen) atoms. The fraction of sp³-hybridized carbons (Fsp3) is 0.200. The number of aromatic nitrogens is 1. The van der Waals surface area contributed by atoms with E-state index in [-0.39, 0.29) is 12.6 Å². The van der Waals surface area contributed by atoms with Crippen LogP contribution < -0.4 is 4.74 Å². The van der Waals surface area contributed by atoms with E-state index >= 15 is 0 Å². The molecule has 0 N–H and O–H groups in total. The number of nitrogens with zero attached hydrogens (tertiary/aromatic N) is 1. The first-order valence-electron chi connectivity index (χ1n) is 7.75. The van der Waals surface area contributed by atoms with Crippen LogP contribution in [0, 0.1) is 13.8 Å². The molecule has 0 spiro atoms. The van der Waals surface area contributed by atoms with E-state index in [0.717, 1.165) is 22.0 Å². The molecule has 0 atom stereocenters. The van der Waals surface area contributed by atoms with Gasteiger partial charge in [-0.25, -0.2) is 4.79 Å². The Morgan fingerprint density at radius 2 is 1.88 bits per heavy atom. The highest BCUT2D eigenvalue weighted by atomic mass is 16.5. The minimum Gasteiger partial charge on any atom is -0.496 e. The molecule has 0 aliphatic carbocycles. The number of esters is 1. The van der Waals surface area contributed by atoms with Gasteiger partial charge in [0.2, 0.25) is 0 Å². The largest absolute Gasteiger partial charge is 0.496 e. The number of hydrogen-bond acceptors (Lipinski definition) is 4. The summed E-state index contributed by atoms with van der Waals surface area (Å²) in [5.74, 6) is 0.323. The van der Waals surface area contributed by atoms with E-state index in [1.807, 2.05) is 62.4 Å². The number of methoxy groups -OCH3 is 1. The van der Waals surface area contributed by atoms with Crippen molar-refractivity contribution in [3.05, 3.63) is 70.9 Å². The van der Waals surface area contributed by atoms with Crippen molar-refractivity contribution in [1.82, 2.24) is 4.98 Å². The highest BCUT2D eigenvalue weighted by Gasteiger charge is 2.14. The van der Waals surface area contributed by atoms with Gasteiger partial charge in [0.05, 0.1) is 23.9 Å². The second kappa shape index (κ2) is 6.71. The van der Waals surface area contributed by atoms with Crippen LogP contribution in [0.25, 0.3) is 10.9 Å². The summed E-state index contributed by atoms with van der Waals surface area (Å²) < 4.78 is 10.7. The second-order valence-corrected chi connectivity index (χ2v) is 5.71. The Morgan fingerprint density at radius 1 is 1.08 bits per heavy atom. The Morgan fingerprint density at radius 3 is 2.67 bits per heavy atom. The van der Waals surface area contributed by atoms with E-state index in [1.54, 1.807) is 7.11 Å². The van der Waals surface area contributed by atoms with E-state index in [9.17, 15) is 4.79 Å². The number of fused-ring (bicyclic) bond motifs is 1. The predicted octanol–water partition coefficient (Wildman–Crippen LogP) is 4.22. The van der Waals surface area contributed by atoms with Crippen molar-refractivity contribution < 1.29 is 14.3 Å². The lowest BCUT2D eigenvalue weighted by Crippen LogP contribution is -2.09. The average Bonchev–Trinajstić information content (AvgIpc) is 2.59. The maximum atomic E-state index is 12.5. The number of benzene rings is 2. The minimum absolute atomic E-state index is 0.161. The van der Waals surface area contributed by atoms with Crippen molar-refractivity contribution in [1.29, 1.82) is 0 Å². The van der Waals surface area contributed by atoms with Gasteiger partial charge in [0, 0.05) is 10.9 Å². The fourth-order valence-corrected chi connectivity index (χ4v) is 2.64. The van der Waals surface area contributed by atoms with Gasteiger partial charge in [-0.05, 0) is 38.1 Å². The van der Waals surface area contributed by atoms with Crippen molar-refractivity contribution in [3.63, 3.8) is 0 Å². The van der Waals surface area contributed by atoms with Gasteiger partial charge >= 0.3 is 5.97 Å². The zero-order valence-electron chi connectivity index (χ0n) is 14.0. The van der Waals surface area contributed by atoms with Crippen LogP contribution in [0.3, 0.4) is 0 Å². The third kappa shape index (κ3) is 3.23. The molecular formula is C20H19NO3. The van der Waals surface area contributed by atoms with E-state index in [2.05, 4.69) is 4.98 Å². The Balaban J connectivity index is 1.84. The number of carbonyl (C=O) groups is 1. The maximum Gasteiger partial charge on any atom is 0.340 e. The number of para-hydroxylation sites is 1. The van der Waals surface area contributed by atoms with Crippen LogP contribution in [0.5, 0.6) is 5.75 Å². The van der Waals surface area contributed by atoms with Gasteiger partial charge in [0.15, 0.2) is 0 Å². The molecule has 122 valence electrons. The van der Waals surface area contributed by atoms with Crippen molar-refractivity contribution >= 4 is 16.9 Å². The van der Waals surface area contributed by atoms with E-state index in [4.69, 9.17) is 9.47 Å². The molecule has 0 bridgehead atoms. The molecule has 0 fully saturated rings. The Hall–Kier alpha value is -2.88. The van der Waals surface area contributed by atoms with Crippen LogP contribution in [-0.4, -0.2) is 18.1 Å². The molecule has 0 amide bonds. The first-order chi connectivity index (χ1) is 11.6. The van der Waals surface area contributed by atoms with Crippen LogP contribution in [-0.2, 0) is 11.3 Å². The topological polar surface area (TPSA) is 48.4 Å². The standard InChI is InChI=1S/C20H19NO3/c1-13-8-9-18-16(10-13)11-17(14(2)21-18)20(22)24-12-15-6-4-5-7-19(15)23-3/h4-11H,12H2,1-3H3. The number of rotatable bonds is 4. The van der Waals surface area contributed by atoms with Gasteiger partial charge in [-0.3, -0.25) is 4.98 Å². The molecule has 3 aromatic rings. The quantitative estimate of drug-likeness (QED) is 0.675. The molecular weight excluding hydrogens is 302 g/mol. The molecule has 0 aliphatic rings. The Labute approximate surface area is 141 Å². The summed E-state index contributed by atoms with van der Waals surface area (Å²) in [6.45, 7) is 3.99. The van der Waals surface area contributed by atoms with E-state index in [1.165, 1.54) is 0 Å². The molecule has 0 unspecified atom stereocenters. The third-order valence-corrected chi connectivity index (χ3v) is 3.93. The summed E-state index contributed by atoms with van der Waals surface area (Å²) >= 11 is 0. The molecule has 4 nitrogen and oxygen atoms in total. The molecule has 1 aromatic heterocycles. The fourth-order valence-electron chi connectivity index (χ4n) is 2.64. The molecule has 0 saturated carbocycles. The van der Waals surface area contributed by atoms with Gasteiger partial charge in [-0.15, -0.1) is 0 Å². The predicted molar refractivity (Wildman–Crippen MR) is 93.3 cm³/mol. The normalized spacial score (nSPS) is 10.6. The Bertz CT molecular complexity index is 903. The lowest BCUT2D eigenvalue weighted by atomic mass is 10.1. The highest BCUT2D eigenvalue weighted by molar-refractivity contribution is 5.95. The van der Waals surface area contributed by atoms with Crippen LogP contribution in [0.2, 0.25) is 0 Å². The number of hydrogen-bond donors (Lipinski definition) is 0. The van der Waals surface area contributed by atoms with E-state index in [0.29, 0.717) is 17.0 Å². The lowest BCUT2D eigenvalue weighted by molar-refractivity contribution is 0.0469. The van der Waals surface area contributed by atoms with Crippen LogP contribution >= 0.6 is 0 Å². The monoisotopic (exact) mass is 321 g/mol. The van der Waals surface area contributed by atoms with Crippen molar-refractivity contribution in [3.8, 4) is 5.75 Å². The average molecular weight is 321 g/mol. The number of ether oxygens (including phenoxy) is 2. The second-order valence-electron chi connectivity index (χ2n) is 5.71. The highest BCUT2D eigenvalue weighted by Crippen LogP contribution is 2.21. The lowest BCUT2D eigenvalue weighted by Gasteiger charge is -2.11.